The maximum atomic E-state index is 14.4. The Morgan fingerprint density at radius 3 is 2.36 bits per heavy atom. The van der Waals surface area contributed by atoms with Crippen LogP contribution < -0.4 is 4.90 Å². The van der Waals surface area contributed by atoms with Crippen LogP contribution in [0.5, 0.6) is 0 Å². The van der Waals surface area contributed by atoms with Crippen LogP contribution in [0.1, 0.15) is 88.9 Å². The fourth-order valence-corrected chi connectivity index (χ4v) is 7.19. The predicted octanol–water partition coefficient (Wildman–Crippen LogP) is 6.41. The normalized spacial score (nSPS) is 31.4. The molecule has 228 valence electrons. The van der Waals surface area contributed by atoms with E-state index in [1.165, 1.54) is 13.8 Å². The number of fused-ring (bicyclic) bond motifs is 3. The number of benzene rings is 1. The Morgan fingerprint density at radius 2 is 1.79 bits per heavy atom. The summed E-state index contributed by atoms with van der Waals surface area (Å²) in [6.45, 7) is 4.25. The molecule has 4 aliphatic carbocycles. The van der Waals surface area contributed by atoms with Crippen LogP contribution in [0.25, 0.3) is 5.57 Å². The van der Waals surface area contributed by atoms with Gasteiger partial charge in [0.25, 0.3) is 5.89 Å². The Labute approximate surface area is 242 Å². The SMILES string of the molecule is CC(C)(F)c1nc(C23CCC(CN(c4cccc(C5=CCOCC5)c4)C(=O)[C@H]4C[C@](O)(C(F)(F)F)C4)(CC2)CC3)no1. The van der Waals surface area contributed by atoms with E-state index in [4.69, 9.17) is 9.26 Å². The van der Waals surface area contributed by atoms with E-state index in [0.29, 0.717) is 31.3 Å². The molecule has 42 heavy (non-hydrogen) atoms. The Hall–Kier alpha value is -2.79. The maximum Gasteiger partial charge on any atom is 0.417 e. The first-order chi connectivity index (χ1) is 19.7. The lowest BCUT2D eigenvalue weighted by atomic mass is 9.53. The molecule has 1 aromatic carbocycles. The van der Waals surface area contributed by atoms with Gasteiger partial charge in [0.1, 0.15) is 0 Å². The minimum Gasteiger partial charge on any atom is -0.380 e. The highest BCUT2D eigenvalue weighted by molar-refractivity contribution is 5.96. The number of carbonyl (C=O) groups excluding carboxylic acids is 1. The molecule has 5 aliphatic rings. The molecule has 0 spiro atoms. The maximum absolute atomic E-state index is 14.4. The second kappa shape index (κ2) is 10.1. The van der Waals surface area contributed by atoms with Crippen molar-refractivity contribution in [2.45, 2.75) is 94.5 Å². The van der Waals surface area contributed by atoms with Crippen LogP contribution in [0.15, 0.2) is 34.9 Å². The molecule has 0 saturated heterocycles. The van der Waals surface area contributed by atoms with Gasteiger partial charge in [-0.05, 0) is 100 Å². The van der Waals surface area contributed by atoms with E-state index >= 15 is 0 Å². The Kier molecular flexibility index (Phi) is 7.08. The summed E-state index contributed by atoms with van der Waals surface area (Å²) in [7, 11) is 0. The summed E-state index contributed by atoms with van der Waals surface area (Å²) in [6, 6.07) is 7.62. The summed E-state index contributed by atoms with van der Waals surface area (Å²) < 4.78 is 65.3. The first kappa shape index (κ1) is 29.3. The number of aliphatic hydroxyl groups is 1. The number of hydrogen-bond acceptors (Lipinski definition) is 6. The van der Waals surface area contributed by atoms with E-state index < -0.39 is 36.2 Å². The van der Waals surface area contributed by atoms with Gasteiger partial charge in [0, 0.05) is 23.6 Å². The van der Waals surface area contributed by atoms with Gasteiger partial charge in [-0.25, -0.2) is 4.39 Å². The number of hydrogen-bond donors (Lipinski definition) is 1. The van der Waals surface area contributed by atoms with Gasteiger partial charge >= 0.3 is 6.18 Å². The number of anilines is 1. The molecule has 1 aliphatic heterocycles. The third kappa shape index (κ3) is 5.16. The van der Waals surface area contributed by atoms with Crippen molar-refractivity contribution in [3.05, 3.63) is 47.6 Å². The van der Waals surface area contributed by atoms with Crippen LogP contribution >= 0.6 is 0 Å². The van der Waals surface area contributed by atoms with Crippen LogP contribution in [0.4, 0.5) is 23.2 Å². The molecule has 1 amide bonds. The molecule has 0 unspecified atom stereocenters. The first-order valence-electron chi connectivity index (χ1n) is 14.7. The van der Waals surface area contributed by atoms with Crippen LogP contribution in [-0.4, -0.2) is 52.7 Å². The van der Waals surface area contributed by atoms with Gasteiger partial charge in [-0.3, -0.25) is 4.79 Å². The zero-order chi connectivity index (χ0) is 30.0. The molecule has 2 aromatic rings. The number of aromatic nitrogens is 2. The molecular formula is C31H37F4N3O4. The highest BCUT2D eigenvalue weighted by atomic mass is 19.4. The van der Waals surface area contributed by atoms with E-state index in [0.717, 1.165) is 56.1 Å². The molecule has 7 rings (SSSR count). The standard InChI is InChI=1S/C31H37F4N3O4/c1-27(2,32)26-36-25(37-42-26)29-11-8-28(9-12-29,10-13-29)19-38(24(39)22-17-30(40,18-22)31(33,34)35)23-5-3-4-21(16-23)20-6-14-41-15-7-20/h3-6,16,22,40H,7-15,17-19H2,1-2H3/t22-,28?,29?,30+. The predicted molar refractivity (Wildman–Crippen MR) is 146 cm³/mol. The zero-order valence-electron chi connectivity index (χ0n) is 24.0. The molecule has 1 N–H and O–H groups in total. The monoisotopic (exact) mass is 591 g/mol. The summed E-state index contributed by atoms with van der Waals surface area (Å²) in [5, 5.41) is 14.2. The van der Waals surface area contributed by atoms with Crippen molar-refractivity contribution in [1.29, 1.82) is 0 Å². The lowest BCUT2D eigenvalue weighted by Crippen LogP contribution is -2.60. The van der Waals surface area contributed by atoms with Gasteiger partial charge in [-0.1, -0.05) is 23.4 Å². The number of amides is 1. The average molecular weight is 592 g/mol. The van der Waals surface area contributed by atoms with Gasteiger partial charge in [0.05, 0.1) is 13.2 Å². The van der Waals surface area contributed by atoms with Crippen molar-refractivity contribution in [3.8, 4) is 0 Å². The number of carbonyl (C=O) groups is 1. The van der Waals surface area contributed by atoms with E-state index in [2.05, 4.69) is 10.1 Å². The van der Waals surface area contributed by atoms with Crippen LogP contribution in [-0.2, 0) is 20.6 Å². The van der Waals surface area contributed by atoms with Crippen LogP contribution in [0.2, 0.25) is 0 Å². The van der Waals surface area contributed by atoms with Crippen molar-refractivity contribution >= 4 is 17.2 Å². The molecule has 1 aromatic heterocycles. The minimum absolute atomic E-state index is 0.0371. The topological polar surface area (TPSA) is 88.7 Å². The highest BCUT2D eigenvalue weighted by Crippen LogP contribution is 2.58. The number of halogens is 4. The Bertz CT molecular complexity index is 1350. The average Bonchev–Trinajstić information content (AvgIpc) is 3.47. The quantitative estimate of drug-likeness (QED) is 0.375. The Balaban J connectivity index is 1.25. The zero-order valence-corrected chi connectivity index (χ0v) is 24.0. The smallest absolute Gasteiger partial charge is 0.380 e. The second-order valence-electron chi connectivity index (χ2n) is 13.3. The fraction of sp³-hybridized carbons (Fsp3) is 0.645. The lowest BCUT2D eigenvalue weighted by molar-refractivity contribution is -0.295. The Morgan fingerprint density at radius 1 is 1.10 bits per heavy atom. The largest absolute Gasteiger partial charge is 0.417 e. The lowest BCUT2D eigenvalue weighted by Gasteiger charge is -2.54. The van der Waals surface area contributed by atoms with Crippen LogP contribution in [0.3, 0.4) is 0 Å². The molecule has 4 fully saturated rings. The summed E-state index contributed by atoms with van der Waals surface area (Å²) in [5.74, 6) is -0.799. The second-order valence-corrected chi connectivity index (χ2v) is 13.3. The fourth-order valence-electron chi connectivity index (χ4n) is 7.19. The molecule has 4 saturated carbocycles. The molecule has 2 heterocycles. The van der Waals surface area contributed by atoms with E-state index in [9.17, 15) is 27.5 Å². The van der Waals surface area contributed by atoms with Crippen LogP contribution in [0, 0.1) is 11.3 Å². The molecule has 0 atom stereocenters. The van der Waals surface area contributed by atoms with Gasteiger partial charge in [0.15, 0.2) is 17.1 Å². The van der Waals surface area contributed by atoms with Crippen molar-refractivity contribution in [1.82, 2.24) is 10.1 Å². The molecule has 7 nitrogen and oxygen atoms in total. The minimum atomic E-state index is -4.77. The van der Waals surface area contributed by atoms with Gasteiger partial charge in [-0.15, -0.1) is 0 Å². The van der Waals surface area contributed by atoms with Crippen molar-refractivity contribution in [2.24, 2.45) is 11.3 Å². The van der Waals surface area contributed by atoms with Gasteiger partial charge in [0.2, 0.25) is 5.91 Å². The number of nitrogens with zero attached hydrogens (tertiary/aromatic N) is 3. The third-order valence-corrected chi connectivity index (χ3v) is 10.1. The van der Waals surface area contributed by atoms with Gasteiger partial charge in [-0.2, -0.15) is 18.2 Å². The van der Waals surface area contributed by atoms with Crippen molar-refractivity contribution < 1.29 is 36.7 Å². The van der Waals surface area contributed by atoms with Crippen molar-refractivity contribution in [2.75, 3.05) is 24.7 Å². The molecule has 0 radical (unpaired) electrons. The number of alkyl halides is 4. The van der Waals surface area contributed by atoms with Gasteiger partial charge < -0.3 is 19.3 Å². The highest BCUT2D eigenvalue weighted by Gasteiger charge is 2.63. The number of rotatable bonds is 7. The number of ether oxygens (including phenoxy) is 1. The summed E-state index contributed by atoms with van der Waals surface area (Å²) in [6.07, 6.45) is 1.31. The van der Waals surface area contributed by atoms with Crippen molar-refractivity contribution in [3.63, 3.8) is 0 Å². The third-order valence-electron chi connectivity index (χ3n) is 10.1. The molecule has 11 heteroatoms. The van der Waals surface area contributed by atoms with E-state index in [-0.39, 0.29) is 22.6 Å². The molecule has 2 bridgehead atoms. The summed E-state index contributed by atoms with van der Waals surface area (Å²) in [5.41, 5.74) is -2.36. The van der Waals surface area contributed by atoms with E-state index in [1.807, 2.05) is 30.3 Å². The summed E-state index contributed by atoms with van der Waals surface area (Å²) in [4.78, 5) is 20.0. The first-order valence-corrected chi connectivity index (χ1v) is 14.7. The van der Waals surface area contributed by atoms with E-state index in [1.54, 1.807) is 4.90 Å². The molecular weight excluding hydrogens is 554 g/mol. The summed E-state index contributed by atoms with van der Waals surface area (Å²) >= 11 is 0.